The van der Waals surface area contributed by atoms with E-state index in [0.717, 1.165) is 15.2 Å². The Balaban J connectivity index is 1.91. The zero-order valence-electron chi connectivity index (χ0n) is 8.52. The van der Waals surface area contributed by atoms with Gasteiger partial charge in [-0.25, -0.2) is 0 Å². The Labute approximate surface area is 83.8 Å². The van der Waals surface area contributed by atoms with Crippen molar-refractivity contribution in [2.45, 2.75) is 68.4 Å². The zero-order valence-corrected chi connectivity index (χ0v) is 9.67. The molecule has 0 amide bonds. The first-order valence-corrected chi connectivity index (χ1v) is 7.25. The summed E-state index contributed by atoms with van der Waals surface area (Å²) in [6.07, 6.45) is 12.1. The van der Waals surface area contributed by atoms with E-state index in [9.17, 15) is 0 Å². The molecule has 0 aromatic heterocycles. The van der Waals surface area contributed by atoms with Crippen molar-refractivity contribution >= 4 is 15.2 Å². The summed E-state index contributed by atoms with van der Waals surface area (Å²) in [5, 5.41) is 1.58. The van der Waals surface area contributed by atoms with Gasteiger partial charge in [-0.2, -0.15) is 0 Å². The molecular weight excluding hydrogens is 159 g/mol. The second-order valence-corrected chi connectivity index (χ2v) is 6.12. The van der Waals surface area contributed by atoms with Crippen molar-refractivity contribution in [3.8, 4) is 0 Å². The Morgan fingerprint density at radius 3 is 2.50 bits per heavy atom. The molecule has 1 rings (SSSR count). The van der Waals surface area contributed by atoms with Gasteiger partial charge < -0.3 is 0 Å². The predicted octanol–water partition coefficient (Wildman–Crippen LogP) is 4.05. The standard InChI is InChI=1S/C6H11.C5H11.Al/c1-2-4-6-5-3-1;1-3-5-4-2;/h1H,2-6H2;1,3-5H2,2H3;/q;;+1. The second-order valence-electron chi connectivity index (χ2n) is 4.13. The normalized spacial score (nSPS) is 19.1. The molecule has 0 bridgehead atoms. The van der Waals surface area contributed by atoms with Gasteiger partial charge in [-0.1, -0.05) is 0 Å². The third kappa shape index (κ3) is 4.53. The number of rotatable bonds is 5. The molecule has 0 unspecified atom stereocenters. The third-order valence-corrected chi connectivity index (χ3v) is 5.03. The van der Waals surface area contributed by atoms with E-state index in [1.807, 2.05) is 0 Å². The monoisotopic (exact) mass is 181 g/mol. The van der Waals surface area contributed by atoms with Crippen LogP contribution in [0.25, 0.3) is 0 Å². The second kappa shape index (κ2) is 6.99. The van der Waals surface area contributed by atoms with Gasteiger partial charge in [-0.3, -0.25) is 0 Å². The first-order chi connectivity index (χ1) is 5.93. The van der Waals surface area contributed by atoms with Gasteiger partial charge in [-0.15, -0.1) is 0 Å². The molecule has 0 heterocycles. The quantitative estimate of drug-likeness (QED) is 0.443. The van der Waals surface area contributed by atoms with Gasteiger partial charge >= 0.3 is 83.6 Å². The van der Waals surface area contributed by atoms with Gasteiger partial charge in [0.2, 0.25) is 0 Å². The van der Waals surface area contributed by atoms with E-state index in [1.54, 1.807) is 18.1 Å². The van der Waals surface area contributed by atoms with E-state index in [1.165, 1.54) is 43.3 Å². The molecule has 0 atom stereocenters. The van der Waals surface area contributed by atoms with Crippen LogP contribution in [0.3, 0.4) is 0 Å². The molecule has 1 aliphatic rings. The van der Waals surface area contributed by atoms with E-state index in [4.69, 9.17) is 0 Å². The van der Waals surface area contributed by atoms with Crippen LogP contribution in [-0.4, -0.2) is 15.2 Å². The van der Waals surface area contributed by atoms with Crippen molar-refractivity contribution < 1.29 is 0 Å². The summed E-state index contributed by atoms with van der Waals surface area (Å²) >= 11 is 0.818. The van der Waals surface area contributed by atoms with Crippen LogP contribution < -0.4 is 0 Å². The molecule has 0 radical (unpaired) electrons. The van der Waals surface area contributed by atoms with Crippen molar-refractivity contribution in [1.29, 1.82) is 0 Å². The fraction of sp³-hybridized carbons (Fsp3) is 1.00. The summed E-state index contributed by atoms with van der Waals surface area (Å²) in [6.45, 7) is 2.30. The Morgan fingerprint density at radius 1 is 1.08 bits per heavy atom. The fourth-order valence-corrected chi connectivity index (χ4v) is 4.06. The van der Waals surface area contributed by atoms with Gasteiger partial charge in [0.15, 0.2) is 0 Å². The van der Waals surface area contributed by atoms with Crippen molar-refractivity contribution in [2.75, 3.05) is 0 Å². The Kier molecular flexibility index (Phi) is 6.18. The Morgan fingerprint density at radius 2 is 1.83 bits per heavy atom. The fourth-order valence-electron chi connectivity index (χ4n) is 2.12. The molecule has 1 fully saturated rings. The number of hydrogen-bond acceptors (Lipinski definition) is 0. The van der Waals surface area contributed by atoms with Crippen LogP contribution in [0.1, 0.15) is 58.3 Å². The van der Waals surface area contributed by atoms with Gasteiger partial charge in [-0.05, 0) is 0 Å². The van der Waals surface area contributed by atoms with Crippen LogP contribution in [0.2, 0.25) is 10.1 Å². The first-order valence-electron chi connectivity index (χ1n) is 5.77. The van der Waals surface area contributed by atoms with Crippen LogP contribution in [0.15, 0.2) is 0 Å². The van der Waals surface area contributed by atoms with Crippen LogP contribution >= 0.6 is 0 Å². The first kappa shape index (κ1) is 10.6. The molecule has 1 saturated carbocycles. The molecule has 12 heavy (non-hydrogen) atoms. The van der Waals surface area contributed by atoms with Gasteiger partial charge in [0.1, 0.15) is 0 Å². The molecule has 0 spiro atoms. The van der Waals surface area contributed by atoms with Crippen LogP contribution in [0, 0.1) is 0 Å². The molecule has 68 valence electrons. The SMILES string of the molecule is CCCC[CH2][Al+][CH]1CCCCC1. The van der Waals surface area contributed by atoms with Crippen LogP contribution in [0.5, 0.6) is 0 Å². The van der Waals surface area contributed by atoms with Crippen LogP contribution in [-0.2, 0) is 0 Å². The molecule has 1 aliphatic carbocycles. The minimum atomic E-state index is 0.818. The topological polar surface area (TPSA) is 0 Å². The van der Waals surface area contributed by atoms with E-state index < -0.39 is 0 Å². The van der Waals surface area contributed by atoms with Gasteiger partial charge in [0, 0.05) is 0 Å². The summed E-state index contributed by atoms with van der Waals surface area (Å²) in [6, 6.07) is 0. The van der Waals surface area contributed by atoms with E-state index in [-0.39, 0.29) is 0 Å². The van der Waals surface area contributed by atoms with Gasteiger partial charge in [0.25, 0.3) is 0 Å². The molecule has 1 heteroatoms. The molecule has 0 aromatic rings. The predicted molar refractivity (Wildman–Crippen MR) is 56.9 cm³/mol. The summed E-state index contributed by atoms with van der Waals surface area (Å²) in [5.41, 5.74) is 0. The van der Waals surface area contributed by atoms with Crippen LogP contribution in [0.4, 0.5) is 0 Å². The maximum absolute atomic E-state index is 2.30. The van der Waals surface area contributed by atoms with E-state index in [0.29, 0.717) is 0 Å². The van der Waals surface area contributed by atoms with Crippen molar-refractivity contribution in [2.24, 2.45) is 0 Å². The zero-order chi connectivity index (χ0) is 8.65. The molecule has 0 saturated heterocycles. The average molecular weight is 181 g/mol. The average Bonchev–Trinajstić information content (AvgIpc) is 2.14. The van der Waals surface area contributed by atoms with E-state index >= 15 is 0 Å². The molecule has 0 nitrogen and oxygen atoms in total. The Bertz CT molecular complexity index is 95.2. The molecule has 0 aliphatic heterocycles. The third-order valence-electron chi connectivity index (χ3n) is 2.96. The summed E-state index contributed by atoms with van der Waals surface area (Å²) in [7, 11) is 0. The molecular formula is C11H22Al+. The number of hydrogen-bond donors (Lipinski definition) is 0. The molecule has 0 aromatic carbocycles. The number of unbranched alkanes of at least 4 members (excludes halogenated alkanes) is 2. The van der Waals surface area contributed by atoms with Crippen molar-refractivity contribution in [3.05, 3.63) is 0 Å². The maximum atomic E-state index is 2.30. The summed E-state index contributed by atoms with van der Waals surface area (Å²) in [5.74, 6) is 0. The van der Waals surface area contributed by atoms with E-state index in [2.05, 4.69) is 6.92 Å². The van der Waals surface area contributed by atoms with Crippen molar-refractivity contribution in [3.63, 3.8) is 0 Å². The Hall–Kier alpha value is 0.532. The summed E-state index contributed by atoms with van der Waals surface area (Å²) in [4.78, 5) is 0. The summed E-state index contributed by atoms with van der Waals surface area (Å²) < 4.78 is 1.19. The van der Waals surface area contributed by atoms with Crippen molar-refractivity contribution in [1.82, 2.24) is 0 Å². The van der Waals surface area contributed by atoms with Gasteiger partial charge in [0.05, 0.1) is 0 Å². The minimum absolute atomic E-state index is 0.818. The molecule has 0 N–H and O–H groups in total.